The highest BCUT2D eigenvalue weighted by molar-refractivity contribution is 5.42. The Hall–Kier alpha value is -1.09. The van der Waals surface area contributed by atoms with Crippen LogP contribution in [0.1, 0.15) is 31.5 Å². The zero-order chi connectivity index (χ0) is 11.8. The van der Waals surface area contributed by atoms with E-state index >= 15 is 0 Å². The Morgan fingerprint density at radius 3 is 2.81 bits per heavy atom. The monoisotopic (exact) mass is 220 g/mol. The average Bonchev–Trinajstić information content (AvgIpc) is 2.61. The van der Waals surface area contributed by atoms with Gasteiger partial charge in [-0.25, -0.2) is 4.98 Å². The van der Waals surface area contributed by atoms with Gasteiger partial charge in [0.1, 0.15) is 5.82 Å². The molecule has 1 aromatic heterocycles. The van der Waals surface area contributed by atoms with Crippen molar-refractivity contribution >= 4 is 5.82 Å². The minimum absolute atomic E-state index is 0.596. The maximum absolute atomic E-state index is 9.77. The van der Waals surface area contributed by atoms with E-state index in [0.29, 0.717) is 6.54 Å². The Balaban J connectivity index is 2.15. The lowest BCUT2D eigenvalue weighted by Crippen LogP contribution is -2.36. The molecule has 1 aliphatic rings. The summed E-state index contributed by atoms with van der Waals surface area (Å²) in [6, 6.07) is 4.22. The van der Waals surface area contributed by atoms with Crippen LogP contribution < -0.4 is 4.90 Å². The fourth-order valence-electron chi connectivity index (χ4n) is 2.28. The minimum atomic E-state index is -0.685. The van der Waals surface area contributed by atoms with E-state index in [-0.39, 0.29) is 0 Å². The molecule has 0 saturated carbocycles. The van der Waals surface area contributed by atoms with Gasteiger partial charge in [-0.3, -0.25) is 0 Å². The molecular weight excluding hydrogens is 200 g/mol. The molecule has 0 fully saturated rings. The first-order chi connectivity index (χ1) is 7.46. The van der Waals surface area contributed by atoms with Crippen molar-refractivity contribution < 1.29 is 5.11 Å². The van der Waals surface area contributed by atoms with Crippen molar-refractivity contribution in [2.75, 3.05) is 18.5 Å². The van der Waals surface area contributed by atoms with Gasteiger partial charge < -0.3 is 10.0 Å². The van der Waals surface area contributed by atoms with Crippen LogP contribution in [-0.2, 0) is 12.8 Å². The summed E-state index contributed by atoms with van der Waals surface area (Å²) in [5.74, 6) is 0.961. The third-order valence-electron chi connectivity index (χ3n) is 2.93. The molecule has 0 bridgehead atoms. The molecule has 0 radical (unpaired) electrons. The van der Waals surface area contributed by atoms with Crippen molar-refractivity contribution in [1.29, 1.82) is 0 Å². The molecule has 1 aliphatic carbocycles. The van der Waals surface area contributed by atoms with Crippen molar-refractivity contribution in [3.63, 3.8) is 0 Å². The second kappa shape index (κ2) is 4.06. The van der Waals surface area contributed by atoms with Gasteiger partial charge in [0.15, 0.2) is 0 Å². The van der Waals surface area contributed by atoms with Crippen molar-refractivity contribution in [3.05, 3.63) is 23.4 Å². The van der Waals surface area contributed by atoms with Crippen LogP contribution in [0.5, 0.6) is 0 Å². The lowest BCUT2D eigenvalue weighted by atomic mass is 10.1. The zero-order valence-electron chi connectivity index (χ0n) is 10.3. The summed E-state index contributed by atoms with van der Waals surface area (Å²) in [4.78, 5) is 6.66. The average molecular weight is 220 g/mol. The molecule has 0 atom stereocenters. The second-order valence-electron chi connectivity index (χ2n) is 5.30. The summed E-state index contributed by atoms with van der Waals surface area (Å²) in [5, 5.41) is 9.77. The maximum Gasteiger partial charge on any atom is 0.128 e. The van der Waals surface area contributed by atoms with Gasteiger partial charge in [-0.2, -0.15) is 0 Å². The Morgan fingerprint density at radius 1 is 1.38 bits per heavy atom. The van der Waals surface area contributed by atoms with Crippen molar-refractivity contribution in [1.82, 2.24) is 4.98 Å². The van der Waals surface area contributed by atoms with E-state index in [1.807, 2.05) is 25.8 Å². The zero-order valence-corrected chi connectivity index (χ0v) is 10.3. The lowest BCUT2D eigenvalue weighted by Gasteiger charge is -2.26. The first-order valence-corrected chi connectivity index (χ1v) is 5.88. The van der Waals surface area contributed by atoms with Crippen LogP contribution in [0.2, 0.25) is 0 Å². The summed E-state index contributed by atoms with van der Waals surface area (Å²) in [5.41, 5.74) is 1.94. The van der Waals surface area contributed by atoms with Crippen LogP contribution in [0.3, 0.4) is 0 Å². The number of aromatic nitrogens is 1. The summed E-state index contributed by atoms with van der Waals surface area (Å²) in [6.45, 7) is 4.23. The van der Waals surface area contributed by atoms with E-state index in [1.54, 1.807) is 0 Å². The van der Waals surface area contributed by atoms with Crippen molar-refractivity contribution in [2.45, 2.75) is 38.7 Å². The fraction of sp³-hybridized carbons (Fsp3) is 0.615. The quantitative estimate of drug-likeness (QED) is 0.843. The molecule has 2 rings (SSSR count). The third kappa shape index (κ3) is 2.53. The largest absolute Gasteiger partial charge is 0.389 e. The molecule has 88 valence electrons. The van der Waals surface area contributed by atoms with Gasteiger partial charge in [0.05, 0.1) is 5.60 Å². The van der Waals surface area contributed by atoms with Crippen LogP contribution >= 0.6 is 0 Å². The Labute approximate surface area is 97.1 Å². The Bertz CT molecular complexity index is 382. The number of aryl methyl sites for hydroxylation is 2. The van der Waals surface area contributed by atoms with Crippen LogP contribution in [0.25, 0.3) is 0 Å². The van der Waals surface area contributed by atoms with Gasteiger partial charge in [0, 0.05) is 19.3 Å². The first kappa shape index (κ1) is 11.4. The van der Waals surface area contributed by atoms with E-state index in [9.17, 15) is 5.11 Å². The molecule has 1 aromatic rings. The molecular formula is C13H20N2O. The van der Waals surface area contributed by atoms with Gasteiger partial charge >= 0.3 is 0 Å². The molecule has 0 unspecified atom stereocenters. The van der Waals surface area contributed by atoms with Crippen molar-refractivity contribution in [2.24, 2.45) is 0 Å². The summed E-state index contributed by atoms with van der Waals surface area (Å²) in [6.07, 6.45) is 3.48. The van der Waals surface area contributed by atoms with Crippen LogP contribution in [0.4, 0.5) is 5.82 Å². The van der Waals surface area contributed by atoms with Gasteiger partial charge in [-0.05, 0) is 44.7 Å². The molecule has 0 aliphatic heterocycles. The molecule has 0 spiro atoms. The van der Waals surface area contributed by atoms with E-state index in [1.165, 1.54) is 17.7 Å². The minimum Gasteiger partial charge on any atom is -0.389 e. The van der Waals surface area contributed by atoms with Gasteiger partial charge in [-0.15, -0.1) is 0 Å². The predicted octanol–water partition coefficient (Wildman–Crippen LogP) is 1.78. The van der Waals surface area contributed by atoms with Gasteiger partial charge in [0.2, 0.25) is 0 Å². The number of pyridine rings is 1. The Kier molecular flexibility index (Phi) is 2.89. The van der Waals surface area contributed by atoms with E-state index in [4.69, 9.17) is 0 Å². The molecule has 3 nitrogen and oxygen atoms in total. The highest BCUT2D eigenvalue weighted by Gasteiger charge is 2.18. The second-order valence-corrected chi connectivity index (χ2v) is 5.30. The molecule has 0 amide bonds. The fourth-order valence-corrected chi connectivity index (χ4v) is 2.28. The summed E-state index contributed by atoms with van der Waals surface area (Å²) < 4.78 is 0. The molecule has 0 aromatic carbocycles. The number of nitrogens with zero attached hydrogens (tertiary/aromatic N) is 2. The number of anilines is 1. The molecule has 1 N–H and O–H groups in total. The Morgan fingerprint density at radius 2 is 2.12 bits per heavy atom. The van der Waals surface area contributed by atoms with Crippen molar-refractivity contribution in [3.8, 4) is 0 Å². The van der Waals surface area contributed by atoms with E-state index < -0.39 is 5.60 Å². The van der Waals surface area contributed by atoms with Crippen LogP contribution in [-0.4, -0.2) is 29.3 Å². The molecule has 16 heavy (non-hydrogen) atoms. The van der Waals surface area contributed by atoms with E-state index in [0.717, 1.165) is 18.7 Å². The molecule has 1 heterocycles. The lowest BCUT2D eigenvalue weighted by molar-refractivity contribution is 0.0884. The SMILES string of the molecule is CN(CC(C)(C)O)c1ccc2c(n1)CCC2. The molecule has 0 saturated heterocycles. The highest BCUT2D eigenvalue weighted by atomic mass is 16.3. The normalized spacial score (nSPS) is 15.0. The predicted molar refractivity (Wildman–Crippen MR) is 65.8 cm³/mol. The first-order valence-electron chi connectivity index (χ1n) is 5.88. The summed E-state index contributed by atoms with van der Waals surface area (Å²) >= 11 is 0. The van der Waals surface area contributed by atoms with Crippen LogP contribution in [0.15, 0.2) is 12.1 Å². The number of hydrogen-bond donors (Lipinski definition) is 1. The topological polar surface area (TPSA) is 36.4 Å². The summed E-state index contributed by atoms with van der Waals surface area (Å²) in [7, 11) is 1.97. The number of rotatable bonds is 3. The molecule has 3 heteroatoms. The number of fused-ring (bicyclic) bond motifs is 1. The third-order valence-corrected chi connectivity index (χ3v) is 2.93. The highest BCUT2D eigenvalue weighted by Crippen LogP contribution is 2.23. The number of likely N-dealkylation sites (N-methyl/N-ethyl adjacent to an activating group) is 1. The smallest absolute Gasteiger partial charge is 0.128 e. The van der Waals surface area contributed by atoms with Gasteiger partial charge in [-0.1, -0.05) is 6.07 Å². The number of hydrogen-bond acceptors (Lipinski definition) is 3. The maximum atomic E-state index is 9.77. The van der Waals surface area contributed by atoms with E-state index in [2.05, 4.69) is 17.1 Å². The standard InChI is InChI=1S/C13H20N2O/c1-13(2,16)9-15(3)12-8-7-10-5-4-6-11(10)14-12/h7-8,16H,4-6,9H2,1-3H3. The number of aliphatic hydroxyl groups is 1. The van der Waals surface area contributed by atoms with Gasteiger partial charge in [0.25, 0.3) is 0 Å². The van der Waals surface area contributed by atoms with Crippen LogP contribution in [0, 0.1) is 0 Å².